The number of piperazine rings is 1. The molecule has 0 saturated carbocycles. The van der Waals surface area contributed by atoms with Crippen molar-refractivity contribution in [3.05, 3.63) is 30.7 Å². The number of hydrogen-bond donors (Lipinski definition) is 0. The Morgan fingerprint density at radius 2 is 2.10 bits per heavy atom. The van der Waals surface area contributed by atoms with Crippen molar-refractivity contribution in [1.29, 1.82) is 0 Å². The average Bonchev–Trinajstić information content (AvgIpc) is 3.01. The Kier molecular flexibility index (Phi) is 3.95. The van der Waals surface area contributed by atoms with Crippen LogP contribution in [0.1, 0.15) is 19.3 Å². The van der Waals surface area contributed by atoms with E-state index in [9.17, 15) is 4.79 Å². The molecule has 1 saturated heterocycles. The highest BCUT2D eigenvalue weighted by Crippen LogP contribution is 2.22. The van der Waals surface area contributed by atoms with Crippen molar-refractivity contribution in [2.75, 3.05) is 31.1 Å². The topological polar surface area (TPSA) is 49.3 Å². The zero-order valence-electron chi connectivity index (χ0n) is 11.6. The molecule has 0 aromatic carbocycles. The second kappa shape index (κ2) is 6.03. The number of nitrogens with zero attached hydrogens (tertiary/aromatic N) is 4. The number of aromatic nitrogens is 2. The van der Waals surface area contributed by atoms with E-state index in [0.29, 0.717) is 18.2 Å². The molecule has 2 aliphatic rings. The van der Waals surface area contributed by atoms with E-state index in [1.165, 1.54) is 0 Å². The van der Waals surface area contributed by atoms with Gasteiger partial charge < -0.3 is 9.80 Å². The van der Waals surface area contributed by atoms with Crippen LogP contribution in [0.5, 0.6) is 0 Å². The van der Waals surface area contributed by atoms with Crippen LogP contribution in [0, 0.1) is 5.92 Å². The first-order chi connectivity index (χ1) is 9.83. The summed E-state index contributed by atoms with van der Waals surface area (Å²) in [6, 6.07) is 0. The molecule has 5 heteroatoms. The molecular weight excluding hydrogens is 252 g/mol. The number of anilines is 1. The third-order valence-corrected chi connectivity index (χ3v) is 4.06. The first kappa shape index (κ1) is 13.1. The minimum absolute atomic E-state index is 0.292. The minimum atomic E-state index is 0.292. The van der Waals surface area contributed by atoms with Crippen LogP contribution in [0.4, 0.5) is 5.82 Å². The summed E-state index contributed by atoms with van der Waals surface area (Å²) in [5.41, 5.74) is 0. The zero-order valence-corrected chi connectivity index (χ0v) is 11.6. The molecule has 5 nitrogen and oxygen atoms in total. The van der Waals surface area contributed by atoms with Gasteiger partial charge in [0.2, 0.25) is 5.91 Å². The van der Waals surface area contributed by atoms with Crippen molar-refractivity contribution in [2.24, 2.45) is 5.92 Å². The van der Waals surface area contributed by atoms with E-state index in [-0.39, 0.29) is 0 Å². The van der Waals surface area contributed by atoms with Crippen LogP contribution >= 0.6 is 0 Å². The molecule has 20 heavy (non-hydrogen) atoms. The highest BCUT2D eigenvalue weighted by molar-refractivity contribution is 5.77. The van der Waals surface area contributed by atoms with E-state index in [2.05, 4.69) is 27.0 Å². The monoisotopic (exact) mass is 272 g/mol. The Labute approximate surface area is 119 Å². The van der Waals surface area contributed by atoms with E-state index in [0.717, 1.165) is 44.8 Å². The van der Waals surface area contributed by atoms with E-state index >= 15 is 0 Å². The second-order valence-corrected chi connectivity index (χ2v) is 5.40. The molecule has 1 aliphatic heterocycles. The first-order valence-electron chi connectivity index (χ1n) is 7.28. The van der Waals surface area contributed by atoms with Gasteiger partial charge in [0.25, 0.3) is 0 Å². The first-order valence-corrected chi connectivity index (χ1v) is 7.28. The van der Waals surface area contributed by atoms with Crippen LogP contribution in [0.2, 0.25) is 0 Å². The molecule has 1 aromatic heterocycles. The molecule has 1 aromatic rings. The quantitative estimate of drug-likeness (QED) is 0.782. The smallest absolute Gasteiger partial charge is 0.223 e. The molecule has 1 unspecified atom stereocenters. The third-order valence-electron chi connectivity index (χ3n) is 4.06. The predicted octanol–water partition coefficient (Wildman–Crippen LogP) is 1.48. The van der Waals surface area contributed by atoms with Crippen molar-refractivity contribution in [2.45, 2.75) is 19.3 Å². The average molecular weight is 272 g/mol. The number of carbonyl (C=O) groups excluding carboxylic acids is 1. The summed E-state index contributed by atoms with van der Waals surface area (Å²) in [5, 5.41) is 0. The second-order valence-electron chi connectivity index (χ2n) is 5.40. The molecule has 0 radical (unpaired) electrons. The number of amides is 1. The Morgan fingerprint density at radius 3 is 2.75 bits per heavy atom. The molecule has 0 bridgehead atoms. The lowest BCUT2D eigenvalue weighted by atomic mass is 10.0. The maximum Gasteiger partial charge on any atom is 0.223 e. The molecule has 3 rings (SSSR count). The normalized spacial score (nSPS) is 22.3. The summed E-state index contributed by atoms with van der Waals surface area (Å²) in [4.78, 5) is 24.8. The fourth-order valence-electron chi connectivity index (χ4n) is 2.86. The largest absolute Gasteiger partial charge is 0.352 e. The number of allylic oxidation sites excluding steroid dienone is 2. The van der Waals surface area contributed by atoms with E-state index in [4.69, 9.17) is 0 Å². The van der Waals surface area contributed by atoms with Gasteiger partial charge in [-0.2, -0.15) is 0 Å². The van der Waals surface area contributed by atoms with Crippen molar-refractivity contribution in [3.63, 3.8) is 0 Å². The molecule has 1 amide bonds. The van der Waals surface area contributed by atoms with Crippen molar-refractivity contribution >= 4 is 11.7 Å². The Balaban J connectivity index is 1.50. The highest BCUT2D eigenvalue weighted by atomic mass is 16.2. The van der Waals surface area contributed by atoms with Crippen LogP contribution in [0.3, 0.4) is 0 Å². The molecule has 1 fully saturated rings. The van der Waals surface area contributed by atoms with Gasteiger partial charge in [-0.05, 0) is 18.8 Å². The van der Waals surface area contributed by atoms with Gasteiger partial charge in [-0.1, -0.05) is 12.2 Å². The van der Waals surface area contributed by atoms with Gasteiger partial charge >= 0.3 is 0 Å². The predicted molar refractivity (Wildman–Crippen MR) is 77.3 cm³/mol. The fourth-order valence-corrected chi connectivity index (χ4v) is 2.86. The molecule has 0 N–H and O–H groups in total. The Bertz CT molecular complexity index is 480. The van der Waals surface area contributed by atoms with Crippen LogP contribution in [0.25, 0.3) is 0 Å². The lowest BCUT2D eigenvalue weighted by molar-refractivity contribution is -0.132. The van der Waals surface area contributed by atoms with Crippen LogP contribution < -0.4 is 4.90 Å². The van der Waals surface area contributed by atoms with Crippen LogP contribution in [0.15, 0.2) is 30.7 Å². The standard InChI is InChI=1S/C15H20N4O/c20-15(11-13-3-1-2-4-13)19-9-7-18(8-10-19)14-12-16-5-6-17-14/h1,3,5-6,12-13H,2,4,7-11H2. The SMILES string of the molecule is O=C(CC1C=CCC1)N1CCN(c2cnccn2)CC1. The Morgan fingerprint density at radius 1 is 1.25 bits per heavy atom. The highest BCUT2D eigenvalue weighted by Gasteiger charge is 2.24. The summed E-state index contributed by atoms with van der Waals surface area (Å²) in [7, 11) is 0. The third kappa shape index (κ3) is 2.98. The van der Waals surface area contributed by atoms with Crippen LogP contribution in [-0.4, -0.2) is 47.0 Å². The fraction of sp³-hybridized carbons (Fsp3) is 0.533. The summed E-state index contributed by atoms with van der Waals surface area (Å²) in [6.45, 7) is 3.24. The summed E-state index contributed by atoms with van der Waals surface area (Å²) < 4.78 is 0. The van der Waals surface area contributed by atoms with Gasteiger partial charge in [0, 0.05) is 45.0 Å². The molecule has 106 valence electrons. The molecule has 0 spiro atoms. The van der Waals surface area contributed by atoms with Gasteiger partial charge in [-0.3, -0.25) is 9.78 Å². The van der Waals surface area contributed by atoms with Gasteiger partial charge in [-0.25, -0.2) is 4.98 Å². The maximum absolute atomic E-state index is 12.2. The number of carbonyl (C=O) groups is 1. The minimum Gasteiger partial charge on any atom is -0.352 e. The van der Waals surface area contributed by atoms with E-state index in [1.807, 2.05) is 4.90 Å². The molecule has 1 atom stereocenters. The Hall–Kier alpha value is -1.91. The zero-order chi connectivity index (χ0) is 13.8. The molecule has 2 heterocycles. The van der Waals surface area contributed by atoms with Gasteiger partial charge in [0.05, 0.1) is 6.20 Å². The van der Waals surface area contributed by atoms with Crippen molar-refractivity contribution in [3.8, 4) is 0 Å². The van der Waals surface area contributed by atoms with Crippen molar-refractivity contribution < 1.29 is 4.79 Å². The van der Waals surface area contributed by atoms with Crippen LogP contribution in [-0.2, 0) is 4.79 Å². The van der Waals surface area contributed by atoms with Gasteiger partial charge in [0.1, 0.15) is 5.82 Å². The number of rotatable bonds is 3. The number of hydrogen-bond acceptors (Lipinski definition) is 4. The van der Waals surface area contributed by atoms with E-state index < -0.39 is 0 Å². The summed E-state index contributed by atoms with van der Waals surface area (Å²) in [6.07, 6.45) is 12.5. The summed E-state index contributed by atoms with van der Waals surface area (Å²) >= 11 is 0. The lowest BCUT2D eigenvalue weighted by Crippen LogP contribution is -2.49. The maximum atomic E-state index is 12.2. The van der Waals surface area contributed by atoms with Gasteiger partial charge in [0.15, 0.2) is 0 Å². The van der Waals surface area contributed by atoms with Gasteiger partial charge in [-0.15, -0.1) is 0 Å². The molecule has 1 aliphatic carbocycles. The van der Waals surface area contributed by atoms with Crippen molar-refractivity contribution in [1.82, 2.24) is 14.9 Å². The molecular formula is C15H20N4O. The van der Waals surface area contributed by atoms with E-state index in [1.54, 1.807) is 18.6 Å². The lowest BCUT2D eigenvalue weighted by Gasteiger charge is -2.35. The summed E-state index contributed by atoms with van der Waals surface area (Å²) in [5.74, 6) is 1.65.